The summed E-state index contributed by atoms with van der Waals surface area (Å²) >= 11 is 0. The molecule has 0 saturated carbocycles. The predicted molar refractivity (Wildman–Crippen MR) is 98.6 cm³/mol. The van der Waals surface area contributed by atoms with Gasteiger partial charge in [0, 0.05) is 14.1 Å². The van der Waals surface area contributed by atoms with Crippen LogP contribution >= 0.6 is 0 Å². The lowest BCUT2D eigenvalue weighted by molar-refractivity contribution is 0.116. The summed E-state index contributed by atoms with van der Waals surface area (Å²) in [6.45, 7) is 4.14. The molecular weight excluding hydrogens is 368 g/mol. The summed E-state index contributed by atoms with van der Waals surface area (Å²) in [6.07, 6.45) is 2.96. The van der Waals surface area contributed by atoms with Gasteiger partial charge in [-0.15, -0.1) is 0 Å². The number of carbonyl (C=O) groups excluding carboxylic acids is 2. The summed E-state index contributed by atoms with van der Waals surface area (Å²) in [5.74, 6) is 0. The quantitative estimate of drug-likeness (QED) is 0.416. The zero-order chi connectivity index (χ0) is 19.0. The molecule has 25 heavy (non-hydrogen) atoms. The van der Waals surface area contributed by atoms with Crippen molar-refractivity contribution < 1.29 is 22.7 Å². The number of unbranched alkanes of at least 4 members (excludes halogenated alkanes) is 2. The van der Waals surface area contributed by atoms with Crippen LogP contribution in [0, 0.1) is 0 Å². The molecule has 144 valence electrons. The molecule has 0 saturated heterocycles. The molecule has 0 aromatic rings. The third-order valence-electron chi connectivity index (χ3n) is 3.16. The normalized spacial score (nSPS) is 16.4. The maximum absolute atomic E-state index is 12.3. The van der Waals surface area contributed by atoms with Gasteiger partial charge < -0.3 is 9.64 Å². The molecule has 0 fully saturated rings. The fraction of sp³-hybridized carbons (Fsp3) is 0.714. The maximum Gasteiger partial charge on any atom is 0.428 e. The number of urea groups is 1. The topological polar surface area (TPSA) is 108 Å². The number of ether oxygens (including phenoxy) is 1. The molecule has 11 heteroatoms. The van der Waals surface area contributed by atoms with E-state index in [1.807, 2.05) is 13.8 Å². The van der Waals surface area contributed by atoms with E-state index in [2.05, 4.69) is 10.4 Å². The molecule has 3 amide bonds. The van der Waals surface area contributed by atoms with Gasteiger partial charge in [-0.05, 0) is 12.8 Å². The molecule has 1 aliphatic heterocycles. The second kappa shape index (κ2) is 10.4. The number of amidine groups is 1. The number of aliphatic imine (C=N–C) groups is 1. The number of hydrogen-bond donors (Lipinski definition) is 1. The molecule has 0 aliphatic carbocycles. The molecule has 0 aromatic heterocycles. The Morgan fingerprint density at radius 1 is 1.24 bits per heavy atom. The van der Waals surface area contributed by atoms with Crippen molar-refractivity contribution >= 4 is 40.6 Å². The molecule has 1 N–H and O–H groups in total. The van der Waals surface area contributed by atoms with Crippen molar-refractivity contribution in [1.29, 1.82) is 0 Å². The van der Waals surface area contributed by atoms with E-state index in [-0.39, 0.29) is 11.8 Å². The van der Waals surface area contributed by atoms with Crippen LogP contribution in [0.2, 0.25) is 0 Å². The van der Waals surface area contributed by atoms with Crippen LogP contribution in [-0.4, -0.2) is 61.3 Å². The zero-order valence-corrected chi connectivity index (χ0v) is 16.6. The Balaban J connectivity index is 3.20. The zero-order valence-electron chi connectivity index (χ0n) is 14.9. The minimum atomic E-state index is -2.55. The average molecular weight is 394 g/mol. The summed E-state index contributed by atoms with van der Waals surface area (Å²) in [6, 6.07) is -0.652. The molecule has 0 aromatic carbocycles. The molecule has 1 heterocycles. The molecule has 1 aliphatic rings. The number of rotatable bonds is 6. The lowest BCUT2D eigenvalue weighted by atomic mass is 10.3. The highest BCUT2D eigenvalue weighted by Gasteiger charge is 2.24. The molecule has 0 radical (unpaired) electrons. The minimum Gasteiger partial charge on any atom is -0.448 e. The Morgan fingerprint density at radius 3 is 2.44 bits per heavy atom. The highest BCUT2D eigenvalue weighted by atomic mass is 32.8. The number of carbonyl (C=O) groups is 2. The average Bonchev–Trinajstić information content (AvgIpc) is 2.90. The Bertz CT molecular complexity index is 728. The first-order valence-corrected chi connectivity index (χ1v) is 10.9. The molecule has 0 spiro atoms. The fourth-order valence-electron chi connectivity index (χ4n) is 1.90. The van der Waals surface area contributed by atoms with Gasteiger partial charge in [0.15, 0.2) is 0 Å². The van der Waals surface area contributed by atoms with E-state index in [1.54, 1.807) is 0 Å². The predicted octanol–water partition coefficient (Wildman–Crippen LogP) is 1.51. The van der Waals surface area contributed by atoms with Crippen LogP contribution in [0.25, 0.3) is 0 Å². The van der Waals surface area contributed by atoms with E-state index in [1.165, 1.54) is 19.0 Å². The van der Waals surface area contributed by atoms with Gasteiger partial charge in [-0.25, -0.2) is 33.4 Å². The molecule has 0 unspecified atom stereocenters. The lowest BCUT2D eigenvalue weighted by Crippen LogP contribution is -2.44. The lowest BCUT2D eigenvalue weighted by Gasteiger charge is -2.21. The fourth-order valence-corrected chi connectivity index (χ4v) is 4.97. The van der Waals surface area contributed by atoms with E-state index >= 15 is 0 Å². The monoisotopic (exact) mass is 393 g/mol. The first-order valence-electron chi connectivity index (χ1n) is 8.06. The number of hydrogen-bond acceptors (Lipinski definition) is 7. The molecular formula is C14H25N4O5S2-. The van der Waals surface area contributed by atoms with Crippen molar-refractivity contribution in [3.8, 4) is 0 Å². The van der Waals surface area contributed by atoms with Crippen molar-refractivity contribution in [2.75, 3.05) is 20.7 Å². The molecule has 1 rings (SSSR count). The Labute approximate surface area is 150 Å². The Hall–Kier alpha value is -1.59. The first kappa shape index (κ1) is 21.5. The first-order chi connectivity index (χ1) is 11.8. The van der Waals surface area contributed by atoms with E-state index in [9.17, 15) is 18.0 Å². The number of hydrazine groups is 1. The Kier molecular flexibility index (Phi) is 8.93. The highest BCUT2D eigenvalue weighted by molar-refractivity contribution is 8.40. The van der Waals surface area contributed by atoms with Crippen LogP contribution in [0.3, 0.4) is 0 Å². The second-order valence-electron chi connectivity index (χ2n) is 5.49. The van der Waals surface area contributed by atoms with Gasteiger partial charge in [-0.3, -0.25) is 9.04 Å². The minimum absolute atomic E-state index is 0.157. The van der Waals surface area contributed by atoms with Crippen molar-refractivity contribution in [1.82, 2.24) is 15.3 Å². The van der Waals surface area contributed by atoms with Crippen LogP contribution in [0.4, 0.5) is 9.59 Å². The van der Waals surface area contributed by atoms with Gasteiger partial charge in [-0.2, -0.15) is 0 Å². The smallest absolute Gasteiger partial charge is 0.428 e. The van der Waals surface area contributed by atoms with Crippen molar-refractivity contribution in [2.24, 2.45) is 4.99 Å². The van der Waals surface area contributed by atoms with Gasteiger partial charge in [0.1, 0.15) is 0 Å². The number of nitrogens with one attached hydrogen (secondary N) is 1. The van der Waals surface area contributed by atoms with E-state index in [0.717, 1.165) is 17.9 Å². The third kappa shape index (κ3) is 6.01. The second-order valence-corrected chi connectivity index (χ2v) is 9.11. The largest absolute Gasteiger partial charge is 0.448 e. The third-order valence-corrected chi connectivity index (χ3v) is 6.65. The van der Waals surface area contributed by atoms with Crippen LogP contribution in [0.1, 0.15) is 46.0 Å². The van der Waals surface area contributed by atoms with Gasteiger partial charge in [0.2, 0.25) is 0 Å². The van der Waals surface area contributed by atoms with Crippen LogP contribution in [-0.2, 0) is 23.0 Å². The summed E-state index contributed by atoms with van der Waals surface area (Å²) in [5, 5.41) is 0.771. The van der Waals surface area contributed by atoms with Crippen molar-refractivity contribution in [3.05, 3.63) is 0 Å². The SMILES string of the molecule is CCCCCOC(=O)N1NC(CCC)=[S-](=S(=O)=O)C1=NC(=O)N(C)C. The number of amides is 3. The van der Waals surface area contributed by atoms with Crippen molar-refractivity contribution in [3.63, 3.8) is 0 Å². The van der Waals surface area contributed by atoms with Crippen LogP contribution in [0.5, 0.6) is 0 Å². The van der Waals surface area contributed by atoms with Crippen LogP contribution in [0.15, 0.2) is 4.99 Å². The summed E-state index contributed by atoms with van der Waals surface area (Å²) < 4.78 is 28.5. The van der Waals surface area contributed by atoms with Gasteiger partial charge >= 0.3 is 12.1 Å². The van der Waals surface area contributed by atoms with E-state index in [0.29, 0.717) is 24.3 Å². The standard InChI is InChI=1S/C14H25N4O5S2/c1-5-7-8-10-23-14(20)18-13(15-12(19)17(3)4)24(25(21)22)11(16-18)9-6-2/h16H,5-10H2,1-4H3/q-1. The highest BCUT2D eigenvalue weighted by Crippen LogP contribution is 2.09. The molecule has 0 bridgehead atoms. The van der Waals surface area contributed by atoms with Crippen molar-refractivity contribution in [2.45, 2.75) is 46.0 Å². The van der Waals surface area contributed by atoms with Gasteiger partial charge in [0.25, 0.3) is 0 Å². The van der Waals surface area contributed by atoms with Crippen LogP contribution < -0.4 is 5.43 Å². The number of nitrogens with zero attached hydrogens (tertiary/aromatic N) is 3. The summed E-state index contributed by atoms with van der Waals surface area (Å²) in [7, 11) is -1.07. The van der Waals surface area contributed by atoms with Gasteiger partial charge in [-0.1, -0.05) is 38.1 Å². The van der Waals surface area contributed by atoms with E-state index < -0.39 is 30.4 Å². The van der Waals surface area contributed by atoms with Gasteiger partial charge in [0.05, 0.1) is 21.0 Å². The van der Waals surface area contributed by atoms with E-state index in [4.69, 9.17) is 4.74 Å². The Morgan fingerprint density at radius 2 is 1.92 bits per heavy atom. The summed E-state index contributed by atoms with van der Waals surface area (Å²) in [4.78, 5) is 29.7. The summed E-state index contributed by atoms with van der Waals surface area (Å²) in [5.41, 5.74) is 2.75. The maximum atomic E-state index is 12.3. The molecule has 0 atom stereocenters. The molecule has 9 nitrogen and oxygen atoms in total.